The van der Waals surface area contributed by atoms with Crippen LogP contribution in [0.4, 0.5) is 11.6 Å². The maximum absolute atomic E-state index is 9.35. The summed E-state index contributed by atoms with van der Waals surface area (Å²) in [5.74, 6) is 0.684. The highest BCUT2D eigenvalue weighted by molar-refractivity contribution is 5.68. The van der Waals surface area contributed by atoms with Gasteiger partial charge in [-0.2, -0.15) is 10.5 Å². The fourth-order valence-electron chi connectivity index (χ4n) is 1.98. The van der Waals surface area contributed by atoms with Crippen molar-refractivity contribution in [1.29, 1.82) is 10.5 Å². The number of pyridine rings is 1. The highest BCUT2D eigenvalue weighted by atomic mass is 16.3. The molecule has 112 valence electrons. The van der Waals surface area contributed by atoms with E-state index in [9.17, 15) is 10.5 Å². The molecule has 0 saturated heterocycles. The number of aromatic nitrogens is 1. The minimum absolute atomic E-state index is 0.0882. The highest BCUT2D eigenvalue weighted by Gasteiger charge is 2.19. The molecule has 0 amide bonds. The number of hydrogen-bond donors (Lipinski definition) is 4. The maximum atomic E-state index is 9.35. The second kappa shape index (κ2) is 8.75. The minimum Gasteiger partial charge on any atom is -0.395 e. The van der Waals surface area contributed by atoms with Gasteiger partial charge in [0.2, 0.25) is 0 Å². The van der Waals surface area contributed by atoms with Crippen LogP contribution < -0.4 is 10.6 Å². The van der Waals surface area contributed by atoms with Gasteiger partial charge >= 0.3 is 0 Å². The zero-order chi connectivity index (χ0) is 15.7. The molecule has 0 aromatic carbocycles. The lowest BCUT2D eigenvalue weighted by Crippen LogP contribution is -2.15. The SMILES string of the molecule is CCCc1c(C#N)c(NCCO)nc(NCCO)c1C#N. The first kappa shape index (κ1) is 16.7. The summed E-state index contributed by atoms with van der Waals surface area (Å²) in [6, 6.07) is 4.16. The molecular formula is C14H19N5O2. The standard InChI is InChI=1S/C14H19N5O2/c1-2-3-10-11(8-15)13(17-4-6-20)19-14(12(10)9-16)18-5-7-21/h20-21H,2-7H2,1H3,(H2,17,18,19). The van der Waals surface area contributed by atoms with Crippen molar-refractivity contribution in [3.05, 3.63) is 16.7 Å². The molecule has 0 radical (unpaired) electrons. The molecule has 0 atom stereocenters. The Morgan fingerprint density at radius 2 is 1.48 bits per heavy atom. The molecule has 1 aromatic heterocycles. The largest absolute Gasteiger partial charge is 0.395 e. The third-order valence-corrected chi connectivity index (χ3v) is 2.83. The van der Waals surface area contributed by atoms with Crippen LogP contribution in [-0.2, 0) is 6.42 Å². The second-order valence-corrected chi connectivity index (χ2v) is 4.31. The van der Waals surface area contributed by atoms with Crippen molar-refractivity contribution in [2.24, 2.45) is 0 Å². The molecule has 0 unspecified atom stereocenters. The number of aliphatic hydroxyl groups excluding tert-OH is 2. The van der Waals surface area contributed by atoms with E-state index in [1.54, 1.807) is 0 Å². The van der Waals surface area contributed by atoms with Gasteiger partial charge in [-0.05, 0) is 12.0 Å². The second-order valence-electron chi connectivity index (χ2n) is 4.31. The number of nitrogens with zero attached hydrogens (tertiary/aromatic N) is 3. The summed E-state index contributed by atoms with van der Waals surface area (Å²) in [7, 11) is 0. The van der Waals surface area contributed by atoms with Crippen LogP contribution in [0.2, 0.25) is 0 Å². The first-order chi connectivity index (χ1) is 10.2. The van der Waals surface area contributed by atoms with Crippen LogP contribution in [0.1, 0.15) is 30.0 Å². The molecule has 7 nitrogen and oxygen atoms in total. The normalized spacial score (nSPS) is 9.76. The van der Waals surface area contributed by atoms with E-state index in [0.717, 1.165) is 6.42 Å². The Labute approximate surface area is 123 Å². The van der Waals surface area contributed by atoms with E-state index in [-0.39, 0.29) is 26.3 Å². The molecule has 7 heteroatoms. The van der Waals surface area contributed by atoms with Crippen LogP contribution in [0, 0.1) is 22.7 Å². The first-order valence-corrected chi connectivity index (χ1v) is 6.79. The van der Waals surface area contributed by atoms with Gasteiger partial charge in [-0.3, -0.25) is 0 Å². The number of hydrogen-bond acceptors (Lipinski definition) is 7. The topological polar surface area (TPSA) is 125 Å². The van der Waals surface area contributed by atoms with Crippen molar-refractivity contribution in [1.82, 2.24) is 4.98 Å². The van der Waals surface area contributed by atoms with Gasteiger partial charge in [-0.15, -0.1) is 0 Å². The van der Waals surface area contributed by atoms with E-state index in [1.165, 1.54) is 0 Å². The molecule has 0 aliphatic heterocycles. The molecular weight excluding hydrogens is 270 g/mol. The van der Waals surface area contributed by atoms with E-state index in [2.05, 4.69) is 27.8 Å². The molecule has 0 saturated carbocycles. The van der Waals surface area contributed by atoms with Crippen LogP contribution in [-0.4, -0.2) is 41.5 Å². The zero-order valence-electron chi connectivity index (χ0n) is 12.0. The van der Waals surface area contributed by atoms with Crippen molar-refractivity contribution in [2.45, 2.75) is 19.8 Å². The Kier molecular flexibility index (Phi) is 6.96. The van der Waals surface area contributed by atoms with Crippen molar-refractivity contribution in [3.8, 4) is 12.1 Å². The van der Waals surface area contributed by atoms with Crippen molar-refractivity contribution >= 4 is 11.6 Å². The molecule has 21 heavy (non-hydrogen) atoms. The molecule has 0 fully saturated rings. The van der Waals surface area contributed by atoms with E-state index in [0.29, 0.717) is 34.7 Å². The monoisotopic (exact) mass is 289 g/mol. The first-order valence-electron chi connectivity index (χ1n) is 6.79. The Hall–Kier alpha value is -2.35. The lowest BCUT2D eigenvalue weighted by molar-refractivity contribution is 0.311. The summed E-state index contributed by atoms with van der Waals surface area (Å²) >= 11 is 0. The Balaban J connectivity index is 3.40. The molecule has 1 rings (SSSR count). The predicted molar refractivity (Wildman–Crippen MR) is 78.8 cm³/mol. The summed E-state index contributed by atoms with van der Waals surface area (Å²) in [4.78, 5) is 4.24. The Morgan fingerprint density at radius 3 is 1.81 bits per heavy atom. The van der Waals surface area contributed by atoms with Gasteiger partial charge in [-0.1, -0.05) is 13.3 Å². The minimum atomic E-state index is -0.0882. The predicted octanol–water partition coefficient (Wildman–Crippen LogP) is 0.586. The Morgan fingerprint density at radius 1 is 1.00 bits per heavy atom. The molecule has 4 N–H and O–H groups in total. The highest BCUT2D eigenvalue weighted by Crippen LogP contribution is 2.27. The Bertz CT molecular complexity index is 516. The summed E-state index contributed by atoms with van der Waals surface area (Å²) in [5.41, 5.74) is 1.30. The van der Waals surface area contributed by atoms with Crippen LogP contribution in [0.3, 0.4) is 0 Å². The number of aliphatic hydroxyl groups is 2. The third kappa shape index (κ3) is 4.06. The van der Waals surface area contributed by atoms with E-state index in [1.807, 2.05) is 6.92 Å². The van der Waals surface area contributed by atoms with Crippen LogP contribution >= 0.6 is 0 Å². The number of nitriles is 2. The fourth-order valence-corrected chi connectivity index (χ4v) is 1.98. The summed E-state index contributed by atoms with van der Waals surface area (Å²) in [5, 5.41) is 42.3. The number of nitrogens with one attached hydrogen (secondary N) is 2. The quantitative estimate of drug-likeness (QED) is 0.551. The van der Waals surface area contributed by atoms with Gasteiger partial charge in [0.05, 0.1) is 24.3 Å². The summed E-state index contributed by atoms with van der Waals surface area (Å²) in [6.45, 7) is 2.31. The maximum Gasteiger partial charge on any atom is 0.146 e. The van der Waals surface area contributed by atoms with Crippen LogP contribution in [0.25, 0.3) is 0 Å². The van der Waals surface area contributed by atoms with Crippen molar-refractivity contribution < 1.29 is 10.2 Å². The van der Waals surface area contributed by atoms with Crippen molar-refractivity contribution in [2.75, 3.05) is 36.9 Å². The van der Waals surface area contributed by atoms with Crippen LogP contribution in [0.5, 0.6) is 0 Å². The van der Waals surface area contributed by atoms with E-state index < -0.39 is 0 Å². The third-order valence-electron chi connectivity index (χ3n) is 2.83. The lowest BCUT2D eigenvalue weighted by atomic mass is 9.99. The van der Waals surface area contributed by atoms with E-state index >= 15 is 0 Å². The van der Waals surface area contributed by atoms with Gasteiger partial charge in [0, 0.05) is 13.1 Å². The fraction of sp³-hybridized carbons (Fsp3) is 0.500. The smallest absolute Gasteiger partial charge is 0.146 e. The van der Waals surface area contributed by atoms with E-state index in [4.69, 9.17) is 10.2 Å². The molecule has 0 spiro atoms. The molecule has 1 heterocycles. The van der Waals surface area contributed by atoms with Crippen LogP contribution in [0.15, 0.2) is 0 Å². The molecule has 0 bridgehead atoms. The van der Waals surface area contributed by atoms with Gasteiger partial charge in [0.15, 0.2) is 0 Å². The summed E-state index contributed by atoms with van der Waals surface area (Å²) in [6.07, 6.45) is 1.36. The summed E-state index contributed by atoms with van der Waals surface area (Å²) < 4.78 is 0. The average Bonchev–Trinajstić information content (AvgIpc) is 2.50. The van der Waals surface area contributed by atoms with Gasteiger partial charge in [0.1, 0.15) is 23.8 Å². The van der Waals surface area contributed by atoms with Gasteiger partial charge in [0.25, 0.3) is 0 Å². The number of anilines is 2. The zero-order valence-corrected chi connectivity index (χ0v) is 12.0. The average molecular weight is 289 g/mol. The van der Waals surface area contributed by atoms with Gasteiger partial charge < -0.3 is 20.8 Å². The molecule has 0 aliphatic carbocycles. The molecule has 0 aliphatic rings. The molecule has 1 aromatic rings. The lowest BCUT2D eigenvalue weighted by Gasteiger charge is -2.15. The van der Waals surface area contributed by atoms with Gasteiger partial charge in [-0.25, -0.2) is 4.98 Å². The number of rotatable bonds is 8. The van der Waals surface area contributed by atoms with Crippen molar-refractivity contribution in [3.63, 3.8) is 0 Å².